The molecule has 0 atom stereocenters. The van der Waals surface area contributed by atoms with Gasteiger partial charge < -0.3 is 9.64 Å². The zero-order chi connectivity index (χ0) is 24.4. The van der Waals surface area contributed by atoms with E-state index >= 15 is 0 Å². The van der Waals surface area contributed by atoms with E-state index in [0.29, 0.717) is 35.0 Å². The van der Waals surface area contributed by atoms with E-state index in [1.54, 1.807) is 28.8 Å². The molecule has 1 aromatic heterocycles. The molecular formula is C25H24ClN3O4S2. The fraction of sp³-hybridized carbons (Fsp3) is 0.240. The predicted octanol–water partition coefficient (Wildman–Crippen LogP) is 4.08. The SMILES string of the molecule is O=c1sc2cc(S(=O)(=O)NCc3ccc(N4CCOCC4)cc3)ccc2n1Cc1ccc(Cl)cc1. The normalized spacial score (nSPS) is 14.5. The summed E-state index contributed by atoms with van der Waals surface area (Å²) in [7, 11) is -3.74. The number of anilines is 1. The number of halogens is 1. The number of ether oxygens (including phenoxy) is 1. The summed E-state index contributed by atoms with van der Waals surface area (Å²) in [5.74, 6) is 0. The first kappa shape index (κ1) is 24.0. The molecule has 0 amide bonds. The van der Waals surface area contributed by atoms with E-state index in [0.717, 1.165) is 41.2 Å². The number of rotatable bonds is 7. The second-order valence-corrected chi connectivity index (χ2v) is 11.5. The third-order valence-corrected chi connectivity index (χ3v) is 8.58. The molecule has 0 aliphatic carbocycles. The third-order valence-electron chi connectivity index (χ3n) is 5.98. The van der Waals surface area contributed by atoms with E-state index < -0.39 is 10.0 Å². The lowest BCUT2D eigenvalue weighted by atomic mass is 10.2. The van der Waals surface area contributed by atoms with Crippen LogP contribution in [0.3, 0.4) is 0 Å². The lowest BCUT2D eigenvalue weighted by Gasteiger charge is -2.28. The summed E-state index contributed by atoms with van der Waals surface area (Å²) in [6.07, 6.45) is 0. The molecule has 1 aliphatic rings. The lowest BCUT2D eigenvalue weighted by Crippen LogP contribution is -2.36. The van der Waals surface area contributed by atoms with Crippen LogP contribution in [0, 0.1) is 0 Å². The van der Waals surface area contributed by atoms with Crippen molar-refractivity contribution in [3.05, 3.63) is 92.5 Å². The Bertz CT molecular complexity index is 1490. The van der Waals surface area contributed by atoms with Crippen LogP contribution in [0.2, 0.25) is 5.02 Å². The van der Waals surface area contributed by atoms with Crippen molar-refractivity contribution in [1.82, 2.24) is 9.29 Å². The van der Waals surface area contributed by atoms with Gasteiger partial charge in [-0.1, -0.05) is 47.2 Å². The summed E-state index contributed by atoms with van der Waals surface area (Å²) >= 11 is 6.99. The molecule has 0 saturated carbocycles. The van der Waals surface area contributed by atoms with Gasteiger partial charge in [0.05, 0.1) is 34.9 Å². The van der Waals surface area contributed by atoms with Crippen molar-refractivity contribution in [3.8, 4) is 0 Å². The highest BCUT2D eigenvalue weighted by Crippen LogP contribution is 2.23. The highest BCUT2D eigenvalue weighted by Gasteiger charge is 2.17. The third kappa shape index (κ3) is 5.44. The first-order valence-electron chi connectivity index (χ1n) is 11.2. The number of hydrogen-bond donors (Lipinski definition) is 1. The second kappa shape index (κ2) is 10.1. The van der Waals surface area contributed by atoms with Gasteiger partial charge in [0.2, 0.25) is 10.0 Å². The Kier molecular flexibility index (Phi) is 6.95. The summed E-state index contributed by atoms with van der Waals surface area (Å²) in [5.41, 5.74) is 3.61. The smallest absolute Gasteiger partial charge is 0.308 e. The van der Waals surface area contributed by atoms with E-state index in [-0.39, 0.29) is 16.3 Å². The molecule has 3 aromatic carbocycles. The van der Waals surface area contributed by atoms with Gasteiger partial charge in [0.25, 0.3) is 0 Å². The maximum Gasteiger partial charge on any atom is 0.308 e. The van der Waals surface area contributed by atoms with Crippen LogP contribution in [0.4, 0.5) is 5.69 Å². The molecular weight excluding hydrogens is 506 g/mol. The van der Waals surface area contributed by atoms with Crippen molar-refractivity contribution in [2.75, 3.05) is 31.2 Å². The summed E-state index contributed by atoms with van der Waals surface area (Å²) < 4.78 is 36.2. The Hall–Kier alpha value is -2.69. The fourth-order valence-corrected chi connectivity index (χ4v) is 6.22. The summed E-state index contributed by atoms with van der Waals surface area (Å²) in [6.45, 7) is 3.69. The summed E-state index contributed by atoms with van der Waals surface area (Å²) in [6, 6.07) is 20.0. The number of sulfonamides is 1. The first-order valence-corrected chi connectivity index (χ1v) is 13.9. The molecule has 10 heteroatoms. The van der Waals surface area contributed by atoms with E-state index in [9.17, 15) is 13.2 Å². The molecule has 1 aliphatic heterocycles. The van der Waals surface area contributed by atoms with E-state index in [4.69, 9.17) is 16.3 Å². The zero-order valence-electron chi connectivity index (χ0n) is 18.8. The van der Waals surface area contributed by atoms with Gasteiger partial charge in [0, 0.05) is 30.3 Å². The Morgan fingerprint density at radius 2 is 1.63 bits per heavy atom. The number of nitrogens with one attached hydrogen (secondary N) is 1. The number of hydrogen-bond acceptors (Lipinski definition) is 6. The molecule has 0 radical (unpaired) electrons. The van der Waals surface area contributed by atoms with E-state index in [2.05, 4.69) is 9.62 Å². The van der Waals surface area contributed by atoms with Gasteiger partial charge >= 0.3 is 4.87 Å². The molecule has 4 aromatic rings. The van der Waals surface area contributed by atoms with E-state index in [1.165, 1.54) is 6.07 Å². The van der Waals surface area contributed by atoms with Gasteiger partial charge in [0.15, 0.2) is 0 Å². The van der Waals surface area contributed by atoms with Crippen molar-refractivity contribution < 1.29 is 13.2 Å². The van der Waals surface area contributed by atoms with Gasteiger partial charge in [-0.25, -0.2) is 13.1 Å². The second-order valence-electron chi connectivity index (χ2n) is 8.30. The maximum absolute atomic E-state index is 13.0. The van der Waals surface area contributed by atoms with Crippen LogP contribution < -0.4 is 14.5 Å². The van der Waals surface area contributed by atoms with Crippen LogP contribution in [-0.2, 0) is 27.8 Å². The van der Waals surface area contributed by atoms with Crippen LogP contribution in [-0.4, -0.2) is 39.3 Å². The summed E-state index contributed by atoms with van der Waals surface area (Å²) in [5, 5.41) is 0.631. The van der Waals surface area contributed by atoms with Crippen LogP contribution in [0.15, 0.2) is 76.4 Å². The Balaban J connectivity index is 1.30. The topological polar surface area (TPSA) is 80.6 Å². The average molecular weight is 530 g/mol. The van der Waals surface area contributed by atoms with Crippen molar-refractivity contribution in [1.29, 1.82) is 0 Å². The minimum Gasteiger partial charge on any atom is -0.378 e. The maximum atomic E-state index is 13.0. The van der Waals surface area contributed by atoms with E-state index in [1.807, 2.05) is 36.4 Å². The number of nitrogens with zero attached hydrogens (tertiary/aromatic N) is 2. The largest absolute Gasteiger partial charge is 0.378 e. The van der Waals surface area contributed by atoms with Crippen molar-refractivity contribution in [2.45, 2.75) is 18.0 Å². The predicted molar refractivity (Wildman–Crippen MR) is 140 cm³/mol. The van der Waals surface area contributed by atoms with Crippen LogP contribution in [0.25, 0.3) is 10.2 Å². The molecule has 1 fully saturated rings. The molecule has 5 rings (SSSR count). The van der Waals surface area contributed by atoms with Gasteiger partial charge in [-0.05, 0) is 53.6 Å². The molecule has 0 bridgehead atoms. The van der Waals surface area contributed by atoms with Crippen molar-refractivity contribution >= 4 is 48.9 Å². The van der Waals surface area contributed by atoms with Crippen LogP contribution in [0.1, 0.15) is 11.1 Å². The fourth-order valence-electron chi connectivity index (χ4n) is 4.04. The molecule has 1 saturated heterocycles. The van der Waals surface area contributed by atoms with Gasteiger partial charge in [-0.3, -0.25) is 9.36 Å². The van der Waals surface area contributed by atoms with Crippen LogP contribution >= 0.6 is 22.9 Å². The monoisotopic (exact) mass is 529 g/mol. The minimum absolute atomic E-state index is 0.134. The molecule has 0 spiro atoms. The Morgan fingerprint density at radius 3 is 2.34 bits per heavy atom. The van der Waals surface area contributed by atoms with Crippen LogP contribution in [0.5, 0.6) is 0 Å². The number of morpholine rings is 1. The highest BCUT2D eigenvalue weighted by molar-refractivity contribution is 7.89. The Morgan fingerprint density at radius 1 is 0.943 bits per heavy atom. The van der Waals surface area contributed by atoms with Gasteiger partial charge in [-0.2, -0.15) is 0 Å². The quantitative estimate of drug-likeness (QED) is 0.390. The lowest BCUT2D eigenvalue weighted by molar-refractivity contribution is 0.122. The number of thiazole rings is 1. The number of aromatic nitrogens is 1. The number of fused-ring (bicyclic) bond motifs is 1. The molecule has 182 valence electrons. The van der Waals surface area contributed by atoms with Crippen molar-refractivity contribution in [2.24, 2.45) is 0 Å². The molecule has 2 heterocycles. The molecule has 7 nitrogen and oxygen atoms in total. The highest BCUT2D eigenvalue weighted by atomic mass is 35.5. The standard InChI is InChI=1S/C25H24ClN3O4S2/c26-20-5-1-19(2-6-20)17-29-23-10-9-22(15-24(23)34-25(29)30)35(31,32)27-16-18-3-7-21(8-4-18)28-11-13-33-14-12-28/h1-10,15,27H,11-14,16-17H2. The molecule has 0 unspecified atom stereocenters. The van der Waals surface area contributed by atoms with Gasteiger partial charge in [-0.15, -0.1) is 0 Å². The molecule has 1 N–H and O–H groups in total. The molecule has 35 heavy (non-hydrogen) atoms. The van der Waals surface area contributed by atoms with Crippen molar-refractivity contribution in [3.63, 3.8) is 0 Å². The number of benzene rings is 3. The summed E-state index contributed by atoms with van der Waals surface area (Å²) in [4.78, 5) is 14.8. The first-order chi connectivity index (χ1) is 16.9. The zero-order valence-corrected chi connectivity index (χ0v) is 21.2. The van der Waals surface area contributed by atoms with Gasteiger partial charge in [0.1, 0.15) is 0 Å². The minimum atomic E-state index is -3.74. The average Bonchev–Trinajstić information content (AvgIpc) is 3.19. The Labute approximate surface area is 212 Å².